The van der Waals surface area contributed by atoms with Crippen molar-refractivity contribution in [2.24, 2.45) is 5.92 Å². The fraction of sp³-hybridized carbons (Fsp3) is 0.500. The summed E-state index contributed by atoms with van der Waals surface area (Å²) in [6.45, 7) is 6.50. The third-order valence-corrected chi connectivity index (χ3v) is 3.66. The molecule has 1 aromatic carbocycles. The normalized spacial score (nSPS) is 15.4. The van der Waals surface area contributed by atoms with E-state index >= 15 is 0 Å². The van der Waals surface area contributed by atoms with Crippen molar-refractivity contribution in [1.29, 1.82) is 0 Å². The molecule has 5 heteroatoms. The molecule has 1 fully saturated rings. The Morgan fingerprint density at radius 3 is 2.10 bits per heavy atom. The van der Waals surface area contributed by atoms with Gasteiger partial charge in [0.15, 0.2) is 0 Å². The second kappa shape index (κ2) is 6.61. The van der Waals surface area contributed by atoms with Gasteiger partial charge in [0.1, 0.15) is 0 Å². The zero-order valence-corrected chi connectivity index (χ0v) is 12.7. The molecule has 1 heterocycles. The molecule has 0 aliphatic carbocycles. The molecule has 1 aliphatic heterocycles. The molecule has 1 saturated heterocycles. The summed E-state index contributed by atoms with van der Waals surface area (Å²) >= 11 is 0. The highest BCUT2D eigenvalue weighted by Gasteiger charge is 2.24. The van der Waals surface area contributed by atoms with E-state index in [0.717, 1.165) is 0 Å². The summed E-state index contributed by atoms with van der Waals surface area (Å²) in [6, 6.07) is 6.95. The SMILES string of the molecule is CC(C)CC(=O)N1CCN(C(=O)c2ccc(N)cc2)CC1. The van der Waals surface area contributed by atoms with Gasteiger partial charge in [0.25, 0.3) is 5.91 Å². The predicted molar refractivity (Wildman–Crippen MR) is 82.8 cm³/mol. The summed E-state index contributed by atoms with van der Waals surface area (Å²) in [4.78, 5) is 28.0. The van der Waals surface area contributed by atoms with Crippen LogP contribution in [0.25, 0.3) is 0 Å². The Labute approximate surface area is 125 Å². The molecule has 2 rings (SSSR count). The predicted octanol–water partition coefficient (Wildman–Crippen LogP) is 1.60. The standard InChI is InChI=1S/C16H23N3O2/c1-12(2)11-15(20)18-7-9-19(10-8-18)16(21)13-3-5-14(17)6-4-13/h3-6,12H,7-11,17H2,1-2H3. The van der Waals surface area contributed by atoms with Gasteiger partial charge < -0.3 is 15.5 Å². The Bertz CT molecular complexity index is 503. The van der Waals surface area contributed by atoms with Gasteiger partial charge in [-0.3, -0.25) is 9.59 Å². The molecule has 1 aliphatic rings. The van der Waals surface area contributed by atoms with Crippen molar-refractivity contribution in [3.8, 4) is 0 Å². The highest BCUT2D eigenvalue weighted by Crippen LogP contribution is 2.12. The van der Waals surface area contributed by atoms with Gasteiger partial charge in [-0.1, -0.05) is 13.8 Å². The third kappa shape index (κ3) is 3.97. The van der Waals surface area contributed by atoms with Crippen molar-refractivity contribution in [2.45, 2.75) is 20.3 Å². The number of nitrogens with zero attached hydrogens (tertiary/aromatic N) is 2. The van der Waals surface area contributed by atoms with Crippen LogP contribution in [0.4, 0.5) is 5.69 Å². The molecule has 114 valence electrons. The van der Waals surface area contributed by atoms with Crippen LogP contribution in [0.2, 0.25) is 0 Å². The Morgan fingerprint density at radius 2 is 1.57 bits per heavy atom. The first-order chi connectivity index (χ1) is 9.97. The van der Waals surface area contributed by atoms with Crippen LogP contribution < -0.4 is 5.73 Å². The third-order valence-electron chi connectivity index (χ3n) is 3.66. The molecule has 21 heavy (non-hydrogen) atoms. The highest BCUT2D eigenvalue weighted by atomic mass is 16.2. The van der Waals surface area contributed by atoms with Crippen LogP contribution in [0.1, 0.15) is 30.6 Å². The van der Waals surface area contributed by atoms with Crippen molar-refractivity contribution >= 4 is 17.5 Å². The molecule has 0 atom stereocenters. The van der Waals surface area contributed by atoms with E-state index in [4.69, 9.17) is 5.73 Å². The average Bonchev–Trinajstić information content (AvgIpc) is 2.47. The average molecular weight is 289 g/mol. The summed E-state index contributed by atoms with van der Waals surface area (Å²) < 4.78 is 0. The van der Waals surface area contributed by atoms with Crippen LogP contribution in [0.15, 0.2) is 24.3 Å². The Kier molecular flexibility index (Phi) is 4.83. The van der Waals surface area contributed by atoms with Gasteiger partial charge in [0.05, 0.1) is 0 Å². The molecule has 2 amide bonds. The number of rotatable bonds is 3. The van der Waals surface area contributed by atoms with Gasteiger partial charge in [-0.2, -0.15) is 0 Å². The molecule has 0 radical (unpaired) electrons. The number of nitrogen functional groups attached to an aromatic ring is 1. The van der Waals surface area contributed by atoms with E-state index in [-0.39, 0.29) is 11.8 Å². The first-order valence-corrected chi connectivity index (χ1v) is 7.40. The fourth-order valence-electron chi connectivity index (χ4n) is 2.45. The second-order valence-corrected chi connectivity index (χ2v) is 5.89. The van der Waals surface area contributed by atoms with Crippen molar-refractivity contribution in [1.82, 2.24) is 9.80 Å². The minimum atomic E-state index is 0.00552. The molecule has 0 spiro atoms. The van der Waals surface area contributed by atoms with Crippen molar-refractivity contribution in [2.75, 3.05) is 31.9 Å². The molecular formula is C16H23N3O2. The molecule has 1 aromatic rings. The quantitative estimate of drug-likeness (QED) is 0.859. The van der Waals surface area contributed by atoms with Crippen LogP contribution in [-0.4, -0.2) is 47.8 Å². The smallest absolute Gasteiger partial charge is 0.253 e. The van der Waals surface area contributed by atoms with Gasteiger partial charge in [-0.25, -0.2) is 0 Å². The minimum Gasteiger partial charge on any atom is -0.399 e. The summed E-state index contributed by atoms with van der Waals surface area (Å²) in [5.41, 5.74) is 6.92. The Hall–Kier alpha value is -2.04. The van der Waals surface area contributed by atoms with Gasteiger partial charge in [0.2, 0.25) is 5.91 Å². The number of benzene rings is 1. The fourth-order valence-corrected chi connectivity index (χ4v) is 2.45. The largest absolute Gasteiger partial charge is 0.399 e. The number of amides is 2. The number of piperazine rings is 1. The van der Waals surface area contributed by atoms with Gasteiger partial charge in [0, 0.05) is 43.9 Å². The van der Waals surface area contributed by atoms with E-state index in [1.807, 2.05) is 18.7 Å². The lowest BCUT2D eigenvalue weighted by molar-refractivity contribution is -0.133. The van der Waals surface area contributed by atoms with E-state index in [1.54, 1.807) is 29.2 Å². The summed E-state index contributed by atoms with van der Waals surface area (Å²) in [6.07, 6.45) is 0.575. The van der Waals surface area contributed by atoms with Crippen LogP contribution in [0, 0.1) is 5.92 Å². The maximum Gasteiger partial charge on any atom is 0.253 e. The molecule has 0 aromatic heterocycles. The minimum absolute atomic E-state index is 0.00552. The maximum absolute atomic E-state index is 12.3. The number of hydrogen-bond donors (Lipinski definition) is 1. The lowest BCUT2D eigenvalue weighted by Gasteiger charge is -2.35. The first-order valence-electron chi connectivity index (χ1n) is 7.40. The molecule has 0 saturated carbocycles. The number of carbonyl (C=O) groups excluding carboxylic acids is 2. The van der Waals surface area contributed by atoms with E-state index in [9.17, 15) is 9.59 Å². The molecular weight excluding hydrogens is 266 g/mol. The monoisotopic (exact) mass is 289 g/mol. The van der Waals surface area contributed by atoms with E-state index in [0.29, 0.717) is 49.8 Å². The van der Waals surface area contributed by atoms with Crippen LogP contribution in [0.3, 0.4) is 0 Å². The Balaban J connectivity index is 1.90. The lowest BCUT2D eigenvalue weighted by Crippen LogP contribution is -2.50. The Morgan fingerprint density at radius 1 is 1.05 bits per heavy atom. The number of nitrogens with two attached hydrogens (primary N) is 1. The van der Waals surface area contributed by atoms with Crippen LogP contribution in [-0.2, 0) is 4.79 Å². The first kappa shape index (κ1) is 15.4. The molecule has 0 unspecified atom stereocenters. The zero-order valence-electron chi connectivity index (χ0n) is 12.7. The highest BCUT2D eigenvalue weighted by molar-refractivity contribution is 5.94. The number of carbonyl (C=O) groups is 2. The number of anilines is 1. The number of hydrogen-bond acceptors (Lipinski definition) is 3. The molecule has 0 bridgehead atoms. The van der Waals surface area contributed by atoms with Gasteiger partial charge in [-0.05, 0) is 30.2 Å². The van der Waals surface area contributed by atoms with E-state index in [2.05, 4.69) is 0 Å². The molecule has 5 nitrogen and oxygen atoms in total. The lowest BCUT2D eigenvalue weighted by atomic mass is 10.1. The van der Waals surface area contributed by atoms with E-state index < -0.39 is 0 Å². The molecule has 2 N–H and O–H groups in total. The van der Waals surface area contributed by atoms with Gasteiger partial charge in [-0.15, -0.1) is 0 Å². The summed E-state index contributed by atoms with van der Waals surface area (Å²) in [5, 5.41) is 0. The van der Waals surface area contributed by atoms with Crippen LogP contribution >= 0.6 is 0 Å². The van der Waals surface area contributed by atoms with Crippen molar-refractivity contribution in [3.05, 3.63) is 29.8 Å². The summed E-state index contributed by atoms with van der Waals surface area (Å²) in [5.74, 6) is 0.558. The summed E-state index contributed by atoms with van der Waals surface area (Å²) in [7, 11) is 0. The van der Waals surface area contributed by atoms with E-state index in [1.165, 1.54) is 0 Å². The van der Waals surface area contributed by atoms with Gasteiger partial charge >= 0.3 is 0 Å². The van der Waals surface area contributed by atoms with Crippen LogP contribution in [0.5, 0.6) is 0 Å². The second-order valence-electron chi connectivity index (χ2n) is 5.89. The topological polar surface area (TPSA) is 66.6 Å². The maximum atomic E-state index is 12.3. The van der Waals surface area contributed by atoms with Crippen molar-refractivity contribution < 1.29 is 9.59 Å². The zero-order chi connectivity index (χ0) is 15.4. The van der Waals surface area contributed by atoms with Crippen molar-refractivity contribution in [3.63, 3.8) is 0 Å².